The van der Waals surface area contributed by atoms with Crippen molar-refractivity contribution in [3.05, 3.63) is 17.8 Å². The van der Waals surface area contributed by atoms with E-state index in [1.165, 1.54) is 0 Å². The first kappa shape index (κ1) is 12.3. The molecule has 0 unspecified atom stereocenters. The summed E-state index contributed by atoms with van der Waals surface area (Å²) in [5.41, 5.74) is 6.61. The zero-order valence-electron chi connectivity index (χ0n) is 9.36. The van der Waals surface area contributed by atoms with Crippen molar-refractivity contribution >= 4 is 11.5 Å². The topological polar surface area (TPSA) is 84.0 Å². The molecule has 3 N–H and O–H groups in total. The Morgan fingerprint density at radius 2 is 2.44 bits per heavy atom. The molecule has 0 bridgehead atoms. The summed E-state index contributed by atoms with van der Waals surface area (Å²) < 4.78 is 5.20. The van der Waals surface area contributed by atoms with E-state index >= 15 is 0 Å². The Morgan fingerprint density at radius 3 is 3.12 bits per heavy atom. The average Bonchev–Trinajstić information content (AvgIpc) is 2.31. The maximum atomic E-state index is 8.78. The molecule has 16 heavy (non-hydrogen) atoms. The number of anilines is 2. The van der Waals surface area contributed by atoms with Crippen molar-refractivity contribution in [1.29, 1.82) is 5.26 Å². The van der Waals surface area contributed by atoms with Crippen molar-refractivity contribution in [3.8, 4) is 6.07 Å². The van der Waals surface area contributed by atoms with E-state index in [0.717, 1.165) is 19.6 Å². The lowest BCUT2D eigenvalue weighted by atomic mass is 10.2. The standard InChI is InChI=1S/C11H16N4O/c1-2-16-7-3-5-14-11-10(13)9(8-12)4-6-15-11/h4,6H,2-3,5,7,13H2,1H3,(H,14,15). The SMILES string of the molecule is CCOCCCNc1nccc(C#N)c1N. The van der Waals surface area contributed by atoms with E-state index in [9.17, 15) is 0 Å². The number of hydrogen-bond acceptors (Lipinski definition) is 5. The summed E-state index contributed by atoms with van der Waals surface area (Å²) in [5.74, 6) is 0.565. The third-order valence-electron chi connectivity index (χ3n) is 2.07. The number of nitrogens with two attached hydrogens (primary N) is 1. The summed E-state index contributed by atoms with van der Waals surface area (Å²) in [4.78, 5) is 4.08. The number of nitrogen functional groups attached to an aromatic ring is 1. The van der Waals surface area contributed by atoms with Gasteiger partial charge in [0.1, 0.15) is 6.07 Å². The molecule has 5 nitrogen and oxygen atoms in total. The number of ether oxygens (including phenoxy) is 1. The summed E-state index contributed by atoms with van der Waals surface area (Å²) in [7, 11) is 0. The maximum Gasteiger partial charge on any atom is 0.150 e. The Morgan fingerprint density at radius 1 is 1.62 bits per heavy atom. The molecule has 0 aromatic carbocycles. The van der Waals surface area contributed by atoms with Crippen LogP contribution in [-0.4, -0.2) is 24.7 Å². The van der Waals surface area contributed by atoms with E-state index in [-0.39, 0.29) is 0 Å². The van der Waals surface area contributed by atoms with Gasteiger partial charge in [0.2, 0.25) is 0 Å². The monoisotopic (exact) mass is 220 g/mol. The molecule has 0 saturated heterocycles. The maximum absolute atomic E-state index is 8.78. The van der Waals surface area contributed by atoms with Crippen LogP contribution in [0.3, 0.4) is 0 Å². The van der Waals surface area contributed by atoms with Crippen LogP contribution >= 0.6 is 0 Å². The van der Waals surface area contributed by atoms with Crippen LogP contribution in [0.15, 0.2) is 12.3 Å². The molecular formula is C11H16N4O. The van der Waals surface area contributed by atoms with Crippen LogP contribution in [0, 0.1) is 11.3 Å². The van der Waals surface area contributed by atoms with Crippen molar-refractivity contribution in [2.24, 2.45) is 0 Å². The number of nitriles is 1. The van der Waals surface area contributed by atoms with Crippen molar-refractivity contribution < 1.29 is 4.74 Å². The van der Waals surface area contributed by atoms with Crippen LogP contribution < -0.4 is 11.1 Å². The molecule has 5 heteroatoms. The van der Waals surface area contributed by atoms with Gasteiger partial charge >= 0.3 is 0 Å². The fourth-order valence-electron chi connectivity index (χ4n) is 1.24. The molecule has 0 fully saturated rings. The second kappa shape index (κ2) is 6.64. The average molecular weight is 220 g/mol. The van der Waals surface area contributed by atoms with Crippen LogP contribution in [0.2, 0.25) is 0 Å². The van der Waals surface area contributed by atoms with Gasteiger partial charge in [-0.1, -0.05) is 0 Å². The molecule has 0 atom stereocenters. The highest BCUT2D eigenvalue weighted by atomic mass is 16.5. The molecule has 0 aliphatic rings. The lowest BCUT2D eigenvalue weighted by Gasteiger charge is -2.08. The number of nitrogens with zero attached hydrogens (tertiary/aromatic N) is 2. The Labute approximate surface area is 95.2 Å². The summed E-state index contributed by atoms with van der Waals surface area (Å²) >= 11 is 0. The van der Waals surface area contributed by atoms with Crippen molar-refractivity contribution in [2.45, 2.75) is 13.3 Å². The van der Waals surface area contributed by atoms with Crippen LogP contribution in [0.4, 0.5) is 11.5 Å². The van der Waals surface area contributed by atoms with E-state index in [2.05, 4.69) is 10.3 Å². The first-order valence-electron chi connectivity index (χ1n) is 5.25. The summed E-state index contributed by atoms with van der Waals surface area (Å²) in [6, 6.07) is 3.61. The molecular weight excluding hydrogens is 204 g/mol. The van der Waals surface area contributed by atoms with Crippen LogP contribution in [0.25, 0.3) is 0 Å². The van der Waals surface area contributed by atoms with Gasteiger partial charge in [-0.15, -0.1) is 0 Å². The normalized spacial score (nSPS) is 9.75. The van der Waals surface area contributed by atoms with Crippen LogP contribution in [0.1, 0.15) is 18.9 Å². The van der Waals surface area contributed by atoms with Crippen LogP contribution in [-0.2, 0) is 4.74 Å². The second-order valence-electron chi connectivity index (χ2n) is 3.21. The highest BCUT2D eigenvalue weighted by molar-refractivity contribution is 5.68. The summed E-state index contributed by atoms with van der Waals surface area (Å²) in [6.45, 7) is 4.13. The van der Waals surface area contributed by atoms with Crippen molar-refractivity contribution in [3.63, 3.8) is 0 Å². The number of rotatable bonds is 6. The first-order chi connectivity index (χ1) is 7.79. The highest BCUT2D eigenvalue weighted by Gasteiger charge is 2.04. The van der Waals surface area contributed by atoms with Crippen LogP contribution in [0.5, 0.6) is 0 Å². The lowest BCUT2D eigenvalue weighted by Crippen LogP contribution is -2.09. The van der Waals surface area contributed by atoms with Gasteiger partial charge in [-0.25, -0.2) is 4.98 Å². The van der Waals surface area contributed by atoms with Crippen molar-refractivity contribution in [2.75, 3.05) is 30.8 Å². The molecule has 0 spiro atoms. The van der Waals surface area contributed by atoms with E-state index in [1.54, 1.807) is 12.3 Å². The number of hydrogen-bond donors (Lipinski definition) is 2. The first-order valence-corrected chi connectivity index (χ1v) is 5.25. The van der Waals surface area contributed by atoms with Crippen molar-refractivity contribution in [1.82, 2.24) is 4.98 Å². The molecule has 1 aromatic rings. The minimum Gasteiger partial charge on any atom is -0.395 e. The zero-order valence-corrected chi connectivity index (χ0v) is 9.36. The summed E-state index contributed by atoms with van der Waals surface area (Å²) in [5, 5.41) is 11.9. The lowest BCUT2D eigenvalue weighted by molar-refractivity contribution is 0.147. The highest BCUT2D eigenvalue weighted by Crippen LogP contribution is 2.18. The van der Waals surface area contributed by atoms with Gasteiger partial charge in [0.25, 0.3) is 0 Å². The molecule has 0 amide bonds. The molecule has 1 rings (SSSR count). The smallest absolute Gasteiger partial charge is 0.150 e. The van der Waals surface area contributed by atoms with Gasteiger partial charge in [0.15, 0.2) is 5.82 Å². The summed E-state index contributed by atoms with van der Waals surface area (Å²) in [6.07, 6.45) is 2.45. The Kier molecular flexibility index (Phi) is 5.09. The van der Waals surface area contributed by atoms with Gasteiger partial charge in [-0.3, -0.25) is 0 Å². The molecule has 86 valence electrons. The zero-order chi connectivity index (χ0) is 11.8. The van der Waals surface area contributed by atoms with E-state index in [0.29, 0.717) is 23.7 Å². The Bertz CT molecular complexity index is 373. The predicted octanol–water partition coefficient (Wildman–Crippen LogP) is 1.37. The molecule has 1 aromatic heterocycles. The van der Waals surface area contributed by atoms with Gasteiger partial charge in [0.05, 0.1) is 11.3 Å². The minimum atomic E-state index is 0.404. The third-order valence-corrected chi connectivity index (χ3v) is 2.07. The van der Waals surface area contributed by atoms with Gasteiger partial charge in [-0.05, 0) is 19.4 Å². The quantitative estimate of drug-likeness (QED) is 0.707. The third kappa shape index (κ3) is 3.41. The molecule has 0 aliphatic carbocycles. The Balaban J connectivity index is 2.45. The number of nitrogens with one attached hydrogen (secondary N) is 1. The van der Waals surface area contributed by atoms with E-state index < -0.39 is 0 Å². The van der Waals surface area contributed by atoms with E-state index in [1.807, 2.05) is 13.0 Å². The fraction of sp³-hybridized carbons (Fsp3) is 0.455. The number of pyridine rings is 1. The molecule has 0 saturated carbocycles. The van der Waals surface area contributed by atoms with E-state index in [4.69, 9.17) is 15.7 Å². The predicted molar refractivity (Wildman–Crippen MR) is 63.0 cm³/mol. The Hall–Kier alpha value is -1.80. The second-order valence-corrected chi connectivity index (χ2v) is 3.21. The van der Waals surface area contributed by atoms with Gasteiger partial charge in [-0.2, -0.15) is 5.26 Å². The molecule has 1 heterocycles. The van der Waals surface area contributed by atoms with Gasteiger partial charge in [0, 0.05) is 26.0 Å². The fourth-order valence-corrected chi connectivity index (χ4v) is 1.24. The molecule has 0 radical (unpaired) electrons. The molecule has 0 aliphatic heterocycles. The largest absolute Gasteiger partial charge is 0.395 e. The minimum absolute atomic E-state index is 0.404. The number of aromatic nitrogens is 1. The van der Waals surface area contributed by atoms with Gasteiger partial charge < -0.3 is 15.8 Å².